The van der Waals surface area contributed by atoms with E-state index < -0.39 is 0 Å². The number of piperazine rings is 1. The number of quaternary nitrogens is 2. The first-order valence-corrected chi connectivity index (χ1v) is 7.77. The highest BCUT2D eigenvalue weighted by Crippen LogP contribution is 2.24. The van der Waals surface area contributed by atoms with E-state index in [2.05, 4.69) is 24.5 Å². The molecule has 1 amide bonds. The van der Waals surface area contributed by atoms with Crippen LogP contribution in [0.4, 0.5) is 5.69 Å². The van der Waals surface area contributed by atoms with Gasteiger partial charge in [-0.1, -0.05) is 6.07 Å². The molecule has 3 rings (SSSR count). The average molecular weight is 275 g/mol. The minimum atomic E-state index is 0.150. The van der Waals surface area contributed by atoms with Gasteiger partial charge in [0.25, 0.3) is 5.91 Å². The summed E-state index contributed by atoms with van der Waals surface area (Å²) in [5, 5.41) is 3.06. The predicted octanol–water partition coefficient (Wildman–Crippen LogP) is -1.47. The summed E-state index contributed by atoms with van der Waals surface area (Å²) in [7, 11) is 2.22. The highest BCUT2D eigenvalue weighted by molar-refractivity contribution is 5.91. The van der Waals surface area contributed by atoms with Crippen molar-refractivity contribution in [2.75, 3.05) is 45.1 Å². The Morgan fingerprint density at radius 3 is 2.70 bits per heavy atom. The summed E-state index contributed by atoms with van der Waals surface area (Å²) >= 11 is 0. The van der Waals surface area contributed by atoms with E-state index in [1.165, 1.54) is 42.0 Å². The van der Waals surface area contributed by atoms with Gasteiger partial charge < -0.3 is 15.1 Å². The van der Waals surface area contributed by atoms with E-state index in [4.69, 9.17) is 0 Å². The van der Waals surface area contributed by atoms with Crippen molar-refractivity contribution in [3.05, 3.63) is 29.3 Å². The maximum absolute atomic E-state index is 12.1. The van der Waals surface area contributed by atoms with Crippen molar-refractivity contribution in [2.24, 2.45) is 0 Å². The van der Waals surface area contributed by atoms with Gasteiger partial charge in [-0.15, -0.1) is 0 Å². The fourth-order valence-corrected chi connectivity index (χ4v) is 3.29. The third-order valence-corrected chi connectivity index (χ3v) is 4.60. The number of carbonyl (C=O) groups excluding carboxylic acids is 1. The molecule has 108 valence electrons. The smallest absolute Gasteiger partial charge is 0.279 e. The molecule has 1 saturated heterocycles. The summed E-state index contributed by atoms with van der Waals surface area (Å²) < 4.78 is 0. The van der Waals surface area contributed by atoms with Crippen molar-refractivity contribution in [1.82, 2.24) is 0 Å². The van der Waals surface area contributed by atoms with Crippen LogP contribution in [0, 0.1) is 0 Å². The van der Waals surface area contributed by atoms with Crippen LogP contribution in [0.2, 0.25) is 0 Å². The average Bonchev–Trinajstić information content (AvgIpc) is 2.89. The second kappa shape index (κ2) is 5.94. The van der Waals surface area contributed by atoms with Crippen LogP contribution >= 0.6 is 0 Å². The molecule has 1 fully saturated rings. The van der Waals surface area contributed by atoms with E-state index in [0.717, 1.165) is 25.2 Å². The van der Waals surface area contributed by atoms with Crippen molar-refractivity contribution in [2.45, 2.75) is 19.3 Å². The van der Waals surface area contributed by atoms with Crippen molar-refractivity contribution >= 4 is 11.6 Å². The fraction of sp³-hybridized carbons (Fsp3) is 0.562. The Kier molecular flexibility index (Phi) is 4.03. The van der Waals surface area contributed by atoms with Crippen LogP contribution in [0.25, 0.3) is 0 Å². The van der Waals surface area contributed by atoms with Crippen LogP contribution in [-0.4, -0.2) is 45.7 Å². The summed E-state index contributed by atoms with van der Waals surface area (Å²) in [4.78, 5) is 15.1. The fourth-order valence-electron chi connectivity index (χ4n) is 3.29. The number of hydrogen-bond acceptors (Lipinski definition) is 1. The van der Waals surface area contributed by atoms with Crippen LogP contribution in [0.5, 0.6) is 0 Å². The molecule has 0 atom stereocenters. The quantitative estimate of drug-likeness (QED) is 0.619. The first-order chi connectivity index (χ1) is 9.70. The minimum Gasteiger partial charge on any atom is -0.328 e. The molecule has 0 aromatic heterocycles. The summed E-state index contributed by atoms with van der Waals surface area (Å²) in [5.41, 5.74) is 3.84. The lowest BCUT2D eigenvalue weighted by atomic mass is 10.1. The Bertz CT molecular complexity index is 492. The first-order valence-electron chi connectivity index (χ1n) is 7.77. The molecular formula is C16H25N3O+2. The predicted molar refractivity (Wildman–Crippen MR) is 79.3 cm³/mol. The van der Waals surface area contributed by atoms with Gasteiger partial charge in [0.1, 0.15) is 26.2 Å². The van der Waals surface area contributed by atoms with E-state index in [1.54, 1.807) is 4.90 Å². The molecular weight excluding hydrogens is 250 g/mol. The van der Waals surface area contributed by atoms with E-state index >= 15 is 0 Å². The van der Waals surface area contributed by atoms with Gasteiger partial charge in [0, 0.05) is 5.69 Å². The van der Waals surface area contributed by atoms with Crippen molar-refractivity contribution < 1.29 is 14.6 Å². The highest BCUT2D eigenvalue weighted by atomic mass is 16.2. The number of hydrogen-bond donors (Lipinski definition) is 3. The van der Waals surface area contributed by atoms with Crippen LogP contribution in [0.15, 0.2) is 18.2 Å². The van der Waals surface area contributed by atoms with Gasteiger partial charge >= 0.3 is 0 Å². The van der Waals surface area contributed by atoms with Crippen LogP contribution in [0.1, 0.15) is 17.5 Å². The molecule has 0 unspecified atom stereocenters. The Morgan fingerprint density at radius 1 is 1.15 bits per heavy atom. The van der Waals surface area contributed by atoms with E-state index in [9.17, 15) is 4.79 Å². The van der Waals surface area contributed by atoms with Crippen LogP contribution < -0.4 is 15.1 Å². The number of amides is 1. The summed E-state index contributed by atoms with van der Waals surface area (Å²) in [6.45, 7) is 5.14. The molecule has 0 spiro atoms. The van der Waals surface area contributed by atoms with Gasteiger partial charge in [-0.2, -0.15) is 0 Å². The lowest BCUT2D eigenvalue weighted by molar-refractivity contribution is -0.999. The SMILES string of the molecule is C[NH+]1CC[NH+](CC(=O)Nc2ccc3c(c2)CCC3)CC1. The Labute approximate surface area is 120 Å². The number of nitrogens with one attached hydrogen (secondary N) is 3. The lowest BCUT2D eigenvalue weighted by Crippen LogP contribution is -3.27. The molecule has 4 heteroatoms. The number of rotatable bonds is 3. The summed E-state index contributed by atoms with van der Waals surface area (Å²) in [5.74, 6) is 0.150. The lowest BCUT2D eigenvalue weighted by Gasteiger charge is -2.26. The maximum Gasteiger partial charge on any atom is 0.279 e. The van der Waals surface area contributed by atoms with Gasteiger partial charge in [0.2, 0.25) is 0 Å². The van der Waals surface area contributed by atoms with Gasteiger partial charge in [0.05, 0.1) is 7.05 Å². The molecule has 1 aromatic carbocycles. The molecule has 20 heavy (non-hydrogen) atoms. The van der Waals surface area contributed by atoms with Crippen LogP contribution in [-0.2, 0) is 17.6 Å². The van der Waals surface area contributed by atoms with Gasteiger partial charge in [-0.25, -0.2) is 0 Å². The molecule has 4 nitrogen and oxygen atoms in total. The molecule has 0 bridgehead atoms. The number of anilines is 1. The molecule has 1 aliphatic carbocycles. The minimum absolute atomic E-state index is 0.150. The topological polar surface area (TPSA) is 38.0 Å². The Balaban J connectivity index is 1.54. The van der Waals surface area contributed by atoms with E-state index in [0.29, 0.717) is 6.54 Å². The molecule has 1 aromatic rings. The van der Waals surface area contributed by atoms with E-state index in [1.807, 2.05) is 6.07 Å². The zero-order valence-corrected chi connectivity index (χ0v) is 12.3. The molecule has 0 radical (unpaired) electrons. The zero-order valence-electron chi connectivity index (χ0n) is 12.3. The van der Waals surface area contributed by atoms with E-state index in [-0.39, 0.29) is 5.91 Å². The number of likely N-dealkylation sites (N-methyl/N-ethyl adjacent to an activating group) is 1. The zero-order chi connectivity index (χ0) is 13.9. The molecule has 2 aliphatic rings. The van der Waals surface area contributed by atoms with Crippen LogP contribution in [0.3, 0.4) is 0 Å². The first kappa shape index (κ1) is 13.6. The maximum atomic E-state index is 12.1. The van der Waals surface area contributed by atoms with Crippen molar-refractivity contribution in [3.8, 4) is 0 Å². The Hall–Kier alpha value is -1.39. The molecule has 0 saturated carbocycles. The Morgan fingerprint density at radius 2 is 1.90 bits per heavy atom. The van der Waals surface area contributed by atoms with Crippen molar-refractivity contribution in [3.63, 3.8) is 0 Å². The summed E-state index contributed by atoms with van der Waals surface area (Å²) in [6.07, 6.45) is 3.60. The van der Waals surface area contributed by atoms with Gasteiger partial charge in [-0.05, 0) is 42.5 Å². The standard InChI is InChI=1S/C16H23N3O/c1-18-7-9-19(10-8-18)12-16(20)17-15-6-5-13-3-2-4-14(13)11-15/h5-6,11H,2-4,7-10,12H2,1H3,(H,17,20)/p+2. The number of fused-ring (bicyclic) bond motifs is 1. The second-order valence-electron chi connectivity index (χ2n) is 6.27. The normalized spacial score (nSPS) is 25.2. The third kappa shape index (κ3) is 3.19. The van der Waals surface area contributed by atoms with Crippen molar-refractivity contribution in [1.29, 1.82) is 0 Å². The largest absolute Gasteiger partial charge is 0.328 e. The second-order valence-corrected chi connectivity index (χ2v) is 6.27. The number of benzene rings is 1. The number of carbonyl (C=O) groups is 1. The number of aryl methyl sites for hydroxylation is 2. The van der Waals surface area contributed by atoms with Gasteiger partial charge in [0.15, 0.2) is 6.54 Å². The molecule has 3 N–H and O–H groups in total. The molecule has 1 aliphatic heterocycles. The highest BCUT2D eigenvalue weighted by Gasteiger charge is 2.22. The van der Waals surface area contributed by atoms with Gasteiger partial charge in [-0.3, -0.25) is 4.79 Å². The molecule has 1 heterocycles. The summed E-state index contributed by atoms with van der Waals surface area (Å²) in [6, 6.07) is 6.37. The monoisotopic (exact) mass is 275 g/mol. The third-order valence-electron chi connectivity index (χ3n) is 4.60.